The molecule has 4 aromatic rings. The lowest BCUT2D eigenvalue weighted by molar-refractivity contribution is -0.123. The molecule has 1 saturated carbocycles. The molecule has 2 amide bonds. The van der Waals surface area contributed by atoms with Crippen molar-refractivity contribution < 1.29 is 23.5 Å². The predicted molar refractivity (Wildman–Crippen MR) is 125 cm³/mol. The molecule has 9 heteroatoms. The van der Waals surface area contributed by atoms with E-state index in [4.69, 9.17) is 13.9 Å². The third-order valence-corrected chi connectivity index (χ3v) is 5.90. The summed E-state index contributed by atoms with van der Waals surface area (Å²) in [6.45, 7) is 0. The van der Waals surface area contributed by atoms with Gasteiger partial charge in [0.05, 0.1) is 26.7 Å². The number of ether oxygens (including phenoxy) is 2. The second-order valence-corrected chi connectivity index (χ2v) is 8.24. The highest BCUT2D eigenvalue weighted by molar-refractivity contribution is 6.03. The molecule has 0 unspecified atom stereocenters. The van der Waals surface area contributed by atoms with Crippen molar-refractivity contribution in [2.24, 2.45) is 13.0 Å². The molecule has 174 valence electrons. The first-order valence-electron chi connectivity index (χ1n) is 10.9. The molecule has 2 aromatic carbocycles. The summed E-state index contributed by atoms with van der Waals surface area (Å²) in [5.41, 5.74) is 9.42. The molecule has 9 nitrogen and oxygen atoms in total. The molecule has 0 atom stereocenters. The Morgan fingerprint density at radius 1 is 1.03 bits per heavy atom. The van der Waals surface area contributed by atoms with Crippen molar-refractivity contribution in [3.63, 3.8) is 0 Å². The van der Waals surface area contributed by atoms with Crippen molar-refractivity contribution in [2.45, 2.75) is 12.8 Å². The molecule has 0 bridgehead atoms. The molecule has 1 aliphatic rings. The highest BCUT2D eigenvalue weighted by Gasteiger charge is 2.30. The van der Waals surface area contributed by atoms with Crippen LogP contribution in [0.25, 0.3) is 33.2 Å². The van der Waals surface area contributed by atoms with Crippen molar-refractivity contribution >= 4 is 22.8 Å². The van der Waals surface area contributed by atoms with Gasteiger partial charge in [-0.3, -0.25) is 25.1 Å². The molecular formula is C25H24N4O5. The van der Waals surface area contributed by atoms with E-state index in [1.54, 1.807) is 29.3 Å². The van der Waals surface area contributed by atoms with E-state index >= 15 is 0 Å². The first-order chi connectivity index (χ1) is 16.5. The van der Waals surface area contributed by atoms with E-state index in [0.29, 0.717) is 11.5 Å². The number of furan rings is 1. The molecule has 5 rings (SSSR count). The maximum atomic E-state index is 12.8. The SMILES string of the molecule is COc1cc(-c2coc3cc(-c4cnn(C)c4)ccc23)cc(OC)c1C(=O)NNC(=O)C1CC1. The lowest BCUT2D eigenvalue weighted by Gasteiger charge is -2.15. The van der Waals surface area contributed by atoms with E-state index in [9.17, 15) is 9.59 Å². The molecular weight excluding hydrogens is 436 g/mol. The van der Waals surface area contributed by atoms with Crippen molar-refractivity contribution in [3.8, 4) is 33.8 Å². The third-order valence-electron chi connectivity index (χ3n) is 5.90. The molecule has 0 radical (unpaired) electrons. The first kappa shape index (κ1) is 21.6. The number of aromatic nitrogens is 2. The summed E-state index contributed by atoms with van der Waals surface area (Å²) < 4.78 is 18.6. The summed E-state index contributed by atoms with van der Waals surface area (Å²) in [4.78, 5) is 24.7. The smallest absolute Gasteiger partial charge is 0.277 e. The fourth-order valence-corrected chi connectivity index (χ4v) is 3.92. The van der Waals surface area contributed by atoms with E-state index in [2.05, 4.69) is 16.0 Å². The third kappa shape index (κ3) is 3.96. The van der Waals surface area contributed by atoms with Crippen LogP contribution in [0.4, 0.5) is 0 Å². The van der Waals surface area contributed by atoms with Gasteiger partial charge in [-0.1, -0.05) is 6.07 Å². The Kier molecular flexibility index (Phi) is 5.45. The van der Waals surface area contributed by atoms with Crippen molar-refractivity contribution in [2.75, 3.05) is 14.2 Å². The maximum Gasteiger partial charge on any atom is 0.277 e. The number of carbonyl (C=O) groups excluding carboxylic acids is 2. The number of rotatable bonds is 6. The molecule has 1 fully saturated rings. The van der Waals surface area contributed by atoms with Crippen LogP contribution in [0.2, 0.25) is 0 Å². The standard InChI is InChI=1S/C25H24N4O5/c1-29-12-17(11-26-29)15-6-7-18-19(13-34-20(18)8-15)16-9-21(32-2)23(22(10-16)33-3)25(31)28-27-24(30)14-4-5-14/h6-14H,4-5H2,1-3H3,(H,27,30)(H,28,31). The topological polar surface area (TPSA) is 108 Å². The zero-order valence-corrected chi connectivity index (χ0v) is 19.0. The van der Waals surface area contributed by atoms with E-state index in [0.717, 1.165) is 46.1 Å². The molecule has 34 heavy (non-hydrogen) atoms. The van der Waals surface area contributed by atoms with Crippen LogP contribution in [-0.2, 0) is 11.8 Å². The van der Waals surface area contributed by atoms with Gasteiger partial charge in [0.15, 0.2) is 0 Å². The van der Waals surface area contributed by atoms with Crippen LogP contribution < -0.4 is 20.3 Å². The minimum absolute atomic E-state index is 0.0282. The fourth-order valence-electron chi connectivity index (χ4n) is 3.92. The number of carbonyl (C=O) groups is 2. The number of hydrazine groups is 1. The van der Waals surface area contributed by atoms with E-state index in [-0.39, 0.29) is 17.4 Å². The molecule has 0 spiro atoms. The summed E-state index contributed by atoms with van der Waals surface area (Å²) in [6, 6.07) is 9.47. The number of hydrogen-bond donors (Lipinski definition) is 2. The molecule has 0 saturated heterocycles. The predicted octanol–water partition coefficient (Wildman–Crippen LogP) is 3.69. The second kappa shape index (κ2) is 8.58. The van der Waals surface area contributed by atoms with Crippen LogP contribution in [0.15, 0.2) is 53.4 Å². The van der Waals surface area contributed by atoms with Crippen LogP contribution in [0.1, 0.15) is 23.2 Å². The number of nitrogens with one attached hydrogen (secondary N) is 2. The lowest BCUT2D eigenvalue weighted by Crippen LogP contribution is -2.42. The van der Waals surface area contributed by atoms with Crippen molar-refractivity contribution in [1.82, 2.24) is 20.6 Å². The largest absolute Gasteiger partial charge is 0.496 e. The summed E-state index contributed by atoms with van der Waals surface area (Å²) in [5.74, 6) is -0.118. The number of amides is 2. The highest BCUT2D eigenvalue weighted by atomic mass is 16.5. The molecule has 2 aromatic heterocycles. The highest BCUT2D eigenvalue weighted by Crippen LogP contribution is 2.39. The van der Waals surface area contributed by atoms with Gasteiger partial charge < -0.3 is 13.9 Å². The van der Waals surface area contributed by atoms with E-state index in [1.807, 2.05) is 31.4 Å². The molecule has 2 heterocycles. The van der Waals surface area contributed by atoms with Crippen molar-refractivity contribution in [1.29, 1.82) is 0 Å². The quantitative estimate of drug-likeness (QED) is 0.425. The number of aryl methyl sites for hydroxylation is 1. The Morgan fingerprint density at radius 3 is 2.38 bits per heavy atom. The Bertz CT molecular complexity index is 1370. The van der Waals surface area contributed by atoms with Crippen LogP contribution in [0.5, 0.6) is 11.5 Å². The first-order valence-corrected chi connectivity index (χ1v) is 10.9. The van der Waals surface area contributed by atoms with Gasteiger partial charge in [0.1, 0.15) is 22.6 Å². The zero-order chi connectivity index (χ0) is 23.8. The fraction of sp³-hybridized carbons (Fsp3) is 0.240. The average Bonchev–Trinajstić information content (AvgIpc) is 3.48. The number of nitrogens with zero attached hydrogens (tertiary/aromatic N) is 2. The average molecular weight is 460 g/mol. The minimum Gasteiger partial charge on any atom is -0.496 e. The number of methoxy groups -OCH3 is 2. The van der Waals surface area contributed by atoms with E-state index in [1.165, 1.54) is 14.2 Å². The van der Waals surface area contributed by atoms with Crippen LogP contribution in [0, 0.1) is 5.92 Å². The van der Waals surface area contributed by atoms with Crippen LogP contribution in [-0.4, -0.2) is 35.8 Å². The lowest BCUT2D eigenvalue weighted by atomic mass is 9.99. The van der Waals surface area contributed by atoms with Gasteiger partial charge in [-0.25, -0.2) is 0 Å². The Balaban J connectivity index is 1.48. The monoisotopic (exact) mass is 460 g/mol. The summed E-state index contributed by atoms with van der Waals surface area (Å²) >= 11 is 0. The summed E-state index contributed by atoms with van der Waals surface area (Å²) in [6.07, 6.45) is 7.09. The second-order valence-electron chi connectivity index (χ2n) is 8.24. The van der Waals surface area contributed by atoms with Gasteiger partial charge in [-0.2, -0.15) is 5.10 Å². The minimum atomic E-state index is -0.521. The van der Waals surface area contributed by atoms with Crippen molar-refractivity contribution in [3.05, 3.63) is 54.6 Å². The number of benzene rings is 2. The van der Waals surface area contributed by atoms with Gasteiger partial charge in [0, 0.05) is 35.7 Å². The number of fused-ring (bicyclic) bond motifs is 1. The van der Waals surface area contributed by atoms with Gasteiger partial charge in [-0.15, -0.1) is 0 Å². The molecule has 2 N–H and O–H groups in total. The molecule has 1 aliphatic carbocycles. The van der Waals surface area contributed by atoms with Gasteiger partial charge in [0.2, 0.25) is 5.91 Å². The summed E-state index contributed by atoms with van der Waals surface area (Å²) in [7, 11) is 4.83. The Labute approximate surface area is 195 Å². The Morgan fingerprint density at radius 2 is 1.76 bits per heavy atom. The van der Waals surface area contributed by atoms with Gasteiger partial charge in [-0.05, 0) is 48.2 Å². The van der Waals surface area contributed by atoms with Crippen LogP contribution in [0.3, 0.4) is 0 Å². The maximum absolute atomic E-state index is 12.8. The van der Waals surface area contributed by atoms with E-state index < -0.39 is 5.91 Å². The molecule has 0 aliphatic heterocycles. The van der Waals surface area contributed by atoms with Gasteiger partial charge in [0.25, 0.3) is 5.91 Å². The zero-order valence-electron chi connectivity index (χ0n) is 19.0. The van der Waals surface area contributed by atoms with Crippen LogP contribution >= 0.6 is 0 Å². The number of hydrogen-bond acceptors (Lipinski definition) is 6. The normalized spacial score (nSPS) is 13.0. The summed E-state index contributed by atoms with van der Waals surface area (Å²) in [5, 5.41) is 5.13. The van der Waals surface area contributed by atoms with Gasteiger partial charge >= 0.3 is 0 Å². The Hall–Kier alpha value is -4.27.